The van der Waals surface area contributed by atoms with Crippen molar-refractivity contribution in [1.29, 1.82) is 5.26 Å². The standard InChI is InChI=1S/C17H21N5O2/c1-21-12-19-20-17(21)15-9-14(23-2)11-22(15)7-8-24-16-6-4-3-5-13(16)10-18/h3-6,12,14-15H,7-9,11H2,1-2H3/t14-,15+/m1/s1. The van der Waals surface area contributed by atoms with Crippen molar-refractivity contribution >= 4 is 0 Å². The quantitative estimate of drug-likeness (QED) is 0.801. The number of aryl methyl sites for hydroxylation is 1. The molecule has 1 aromatic carbocycles. The first kappa shape index (κ1) is 16.4. The van der Waals surface area contributed by atoms with Crippen molar-refractivity contribution in [2.45, 2.75) is 18.6 Å². The molecule has 7 nitrogen and oxygen atoms in total. The minimum atomic E-state index is 0.164. The summed E-state index contributed by atoms with van der Waals surface area (Å²) < 4.78 is 13.3. The molecule has 3 rings (SSSR count). The number of aromatic nitrogens is 3. The second-order valence-corrected chi connectivity index (χ2v) is 5.86. The Labute approximate surface area is 141 Å². The van der Waals surface area contributed by atoms with Crippen molar-refractivity contribution in [2.24, 2.45) is 7.05 Å². The Morgan fingerprint density at radius 1 is 1.38 bits per heavy atom. The molecule has 1 aliphatic heterocycles. The predicted molar refractivity (Wildman–Crippen MR) is 87.4 cm³/mol. The molecule has 24 heavy (non-hydrogen) atoms. The van der Waals surface area contributed by atoms with Crippen LogP contribution in [-0.4, -0.2) is 52.6 Å². The summed E-state index contributed by atoms with van der Waals surface area (Å²) in [4.78, 5) is 2.30. The maximum atomic E-state index is 9.12. The van der Waals surface area contributed by atoms with Crippen molar-refractivity contribution in [3.63, 3.8) is 0 Å². The fourth-order valence-electron chi connectivity index (χ4n) is 3.10. The first-order valence-corrected chi connectivity index (χ1v) is 7.95. The molecule has 0 aliphatic carbocycles. The van der Waals surface area contributed by atoms with E-state index in [1.807, 2.05) is 29.8 Å². The van der Waals surface area contributed by atoms with E-state index in [4.69, 9.17) is 14.7 Å². The van der Waals surface area contributed by atoms with Gasteiger partial charge in [0.05, 0.1) is 17.7 Å². The zero-order valence-corrected chi connectivity index (χ0v) is 13.9. The average molecular weight is 327 g/mol. The zero-order chi connectivity index (χ0) is 16.9. The van der Waals surface area contributed by atoms with Crippen LogP contribution in [0.2, 0.25) is 0 Å². The van der Waals surface area contributed by atoms with Crippen molar-refractivity contribution in [3.05, 3.63) is 42.0 Å². The first-order chi connectivity index (χ1) is 11.7. The van der Waals surface area contributed by atoms with E-state index in [1.54, 1.807) is 19.5 Å². The number of nitrogens with zero attached hydrogens (tertiary/aromatic N) is 5. The summed E-state index contributed by atoms with van der Waals surface area (Å²) in [5.41, 5.74) is 0.554. The highest BCUT2D eigenvalue weighted by Crippen LogP contribution is 2.31. The van der Waals surface area contributed by atoms with Gasteiger partial charge in [-0.15, -0.1) is 10.2 Å². The highest BCUT2D eigenvalue weighted by atomic mass is 16.5. The number of para-hydroxylation sites is 1. The van der Waals surface area contributed by atoms with E-state index >= 15 is 0 Å². The molecule has 0 amide bonds. The molecule has 0 spiro atoms. The zero-order valence-electron chi connectivity index (χ0n) is 13.9. The minimum Gasteiger partial charge on any atom is -0.491 e. The van der Waals surface area contributed by atoms with Crippen LogP contribution in [-0.2, 0) is 11.8 Å². The van der Waals surface area contributed by atoms with E-state index in [-0.39, 0.29) is 12.1 Å². The lowest BCUT2D eigenvalue weighted by atomic mass is 10.2. The maximum absolute atomic E-state index is 9.12. The summed E-state index contributed by atoms with van der Waals surface area (Å²) in [5.74, 6) is 1.56. The third-order valence-corrected chi connectivity index (χ3v) is 4.39. The Balaban J connectivity index is 1.64. The second-order valence-electron chi connectivity index (χ2n) is 5.86. The van der Waals surface area contributed by atoms with E-state index in [1.165, 1.54) is 0 Å². The number of hydrogen-bond acceptors (Lipinski definition) is 6. The van der Waals surface area contributed by atoms with Gasteiger partial charge in [0.2, 0.25) is 0 Å². The number of hydrogen-bond donors (Lipinski definition) is 0. The van der Waals surface area contributed by atoms with Crippen LogP contribution in [0.15, 0.2) is 30.6 Å². The van der Waals surface area contributed by atoms with E-state index in [0.717, 1.165) is 25.3 Å². The minimum absolute atomic E-state index is 0.164. The van der Waals surface area contributed by atoms with Crippen LogP contribution in [0.1, 0.15) is 23.9 Å². The van der Waals surface area contributed by atoms with Crippen LogP contribution in [0.5, 0.6) is 5.75 Å². The molecule has 2 heterocycles. The van der Waals surface area contributed by atoms with Gasteiger partial charge < -0.3 is 14.0 Å². The number of nitriles is 1. The molecule has 1 fully saturated rings. The molecule has 0 radical (unpaired) electrons. The highest BCUT2D eigenvalue weighted by molar-refractivity contribution is 5.42. The Bertz CT molecular complexity index is 724. The number of benzene rings is 1. The van der Waals surface area contributed by atoms with Crippen LogP contribution >= 0.6 is 0 Å². The molecule has 1 aromatic heterocycles. The SMILES string of the molecule is CO[C@@H]1C[C@@H](c2nncn2C)N(CCOc2ccccc2C#N)C1. The van der Waals surface area contributed by atoms with Crippen molar-refractivity contribution in [2.75, 3.05) is 26.8 Å². The van der Waals surface area contributed by atoms with Crippen LogP contribution in [0.4, 0.5) is 0 Å². The Hall–Kier alpha value is -2.43. The molecule has 0 bridgehead atoms. The molecular weight excluding hydrogens is 306 g/mol. The van der Waals surface area contributed by atoms with Crippen LogP contribution < -0.4 is 4.74 Å². The molecule has 2 aromatic rings. The number of likely N-dealkylation sites (tertiary alicyclic amines) is 1. The van der Waals surface area contributed by atoms with E-state index < -0.39 is 0 Å². The van der Waals surface area contributed by atoms with Crippen LogP contribution in [0, 0.1) is 11.3 Å². The Kier molecular flexibility index (Phi) is 5.08. The van der Waals surface area contributed by atoms with Gasteiger partial charge in [0.15, 0.2) is 0 Å². The Morgan fingerprint density at radius 3 is 2.92 bits per heavy atom. The highest BCUT2D eigenvalue weighted by Gasteiger charge is 2.35. The van der Waals surface area contributed by atoms with Gasteiger partial charge in [-0.2, -0.15) is 5.26 Å². The monoisotopic (exact) mass is 327 g/mol. The van der Waals surface area contributed by atoms with E-state index in [9.17, 15) is 0 Å². The Morgan fingerprint density at radius 2 is 2.21 bits per heavy atom. The molecule has 0 saturated carbocycles. The normalized spacial score (nSPS) is 20.9. The summed E-state index contributed by atoms with van der Waals surface area (Å²) in [6.45, 7) is 2.07. The van der Waals surface area contributed by atoms with Gasteiger partial charge in [-0.3, -0.25) is 4.90 Å². The fourth-order valence-corrected chi connectivity index (χ4v) is 3.10. The van der Waals surface area contributed by atoms with Crippen molar-refractivity contribution in [3.8, 4) is 11.8 Å². The van der Waals surface area contributed by atoms with Crippen LogP contribution in [0.3, 0.4) is 0 Å². The second kappa shape index (κ2) is 7.43. The van der Waals surface area contributed by atoms with Gasteiger partial charge >= 0.3 is 0 Å². The van der Waals surface area contributed by atoms with Gasteiger partial charge in [-0.1, -0.05) is 12.1 Å². The molecule has 0 N–H and O–H groups in total. The summed E-state index contributed by atoms with van der Waals surface area (Å²) in [5, 5.41) is 17.3. The van der Waals surface area contributed by atoms with E-state index in [0.29, 0.717) is 17.9 Å². The molecule has 1 saturated heterocycles. The largest absolute Gasteiger partial charge is 0.491 e. The van der Waals surface area contributed by atoms with Crippen molar-refractivity contribution in [1.82, 2.24) is 19.7 Å². The van der Waals surface area contributed by atoms with Gasteiger partial charge in [0.1, 0.15) is 30.6 Å². The third kappa shape index (κ3) is 3.40. The molecule has 126 valence electrons. The summed E-state index contributed by atoms with van der Waals surface area (Å²) in [6, 6.07) is 9.59. The first-order valence-electron chi connectivity index (χ1n) is 7.95. The number of methoxy groups -OCH3 is 1. The topological polar surface area (TPSA) is 76.2 Å². The van der Waals surface area contributed by atoms with Gasteiger partial charge in [0, 0.05) is 27.2 Å². The smallest absolute Gasteiger partial charge is 0.150 e. The molecule has 0 unspecified atom stereocenters. The molecule has 1 aliphatic rings. The summed E-state index contributed by atoms with van der Waals surface area (Å²) in [7, 11) is 3.69. The van der Waals surface area contributed by atoms with Crippen LogP contribution in [0.25, 0.3) is 0 Å². The van der Waals surface area contributed by atoms with E-state index in [2.05, 4.69) is 21.2 Å². The fraction of sp³-hybridized carbons (Fsp3) is 0.471. The molecule has 7 heteroatoms. The summed E-state index contributed by atoms with van der Waals surface area (Å²) >= 11 is 0. The summed E-state index contributed by atoms with van der Waals surface area (Å²) in [6.07, 6.45) is 2.78. The van der Waals surface area contributed by atoms with Gasteiger partial charge in [0.25, 0.3) is 0 Å². The van der Waals surface area contributed by atoms with Gasteiger partial charge in [-0.05, 0) is 18.6 Å². The lowest BCUT2D eigenvalue weighted by Gasteiger charge is -2.23. The number of rotatable bonds is 6. The lowest BCUT2D eigenvalue weighted by molar-refractivity contribution is 0.105. The average Bonchev–Trinajstić information content (AvgIpc) is 3.21. The van der Waals surface area contributed by atoms with Crippen molar-refractivity contribution < 1.29 is 9.47 Å². The molecular formula is C17H21N5O2. The number of ether oxygens (including phenoxy) is 2. The predicted octanol–water partition coefficient (Wildman–Crippen LogP) is 1.53. The molecule has 2 atom stereocenters. The van der Waals surface area contributed by atoms with Gasteiger partial charge in [-0.25, -0.2) is 0 Å². The third-order valence-electron chi connectivity index (χ3n) is 4.39. The lowest BCUT2D eigenvalue weighted by Crippen LogP contribution is -2.30. The maximum Gasteiger partial charge on any atom is 0.150 e.